The van der Waals surface area contributed by atoms with Crippen molar-refractivity contribution < 1.29 is 0 Å². The van der Waals surface area contributed by atoms with E-state index < -0.39 is 0 Å². The van der Waals surface area contributed by atoms with Gasteiger partial charge in [-0.05, 0) is 55.4 Å². The molecule has 0 aliphatic heterocycles. The predicted molar refractivity (Wildman–Crippen MR) is 116 cm³/mol. The number of imidazole rings is 1. The number of hydrogen-bond donors (Lipinski definition) is 1. The first-order valence-electron chi connectivity index (χ1n) is 8.93. The molecule has 0 atom stereocenters. The summed E-state index contributed by atoms with van der Waals surface area (Å²) in [7, 11) is 0. The van der Waals surface area contributed by atoms with E-state index in [2.05, 4.69) is 51.0 Å². The van der Waals surface area contributed by atoms with Gasteiger partial charge in [0.1, 0.15) is 0 Å². The number of aryl methyl sites for hydroxylation is 2. The lowest BCUT2D eigenvalue weighted by Crippen LogP contribution is -2.35. The number of thiocarbonyl (C=S) groups is 1. The minimum atomic E-state index is 0.711. The van der Waals surface area contributed by atoms with E-state index in [1.165, 1.54) is 11.1 Å². The molecule has 0 unspecified atom stereocenters. The van der Waals surface area contributed by atoms with Crippen LogP contribution < -0.4 is 5.32 Å². The zero-order valence-electron chi connectivity index (χ0n) is 15.3. The highest BCUT2D eigenvalue weighted by Crippen LogP contribution is 2.15. The van der Waals surface area contributed by atoms with Crippen molar-refractivity contribution >= 4 is 34.6 Å². The molecule has 3 rings (SSSR count). The zero-order valence-corrected chi connectivity index (χ0v) is 16.9. The minimum absolute atomic E-state index is 0.711. The molecule has 2 aromatic carbocycles. The van der Waals surface area contributed by atoms with E-state index in [0.717, 1.165) is 31.7 Å². The van der Waals surface area contributed by atoms with E-state index in [-0.39, 0.29) is 0 Å². The van der Waals surface area contributed by atoms with Crippen molar-refractivity contribution in [1.29, 1.82) is 0 Å². The van der Waals surface area contributed by atoms with Gasteiger partial charge in [0, 0.05) is 42.7 Å². The molecule has 4 nitrogen and oxygen atoms in total. The van der Waals surface area contributed by atoms with Crippen LogP contribution in [-0.4, -0.2) is 26.1 Å². The summed E-state index contributed by atoms with van der Waals surface area (Å²) in [4.78, 5) is 6.29. The van der Waals surface area contributed by atoms with Crippen LogP contribution in [0.1, 0.15) is 17.5 Å². The Morgan fingerprint density at radius 1 is 1.15 bits per heavy atom. The third kappa shape index (κ3) is 6.08. The third-order valence-electron chi connectivity index (χ3n) is 4.28. The van der Waals surface area contributed by atoms with Crippen LogP contribution in [0.4, 0.5) is 5.69 Å². The molecule has 0 radical (unpaired) electrons. The first-order chi connectivity index (χ1) is 13.1. The molecule has 0 saturated heterocycles. The number of anilines is 1. The Kier molecular flexibility index (Phi) is 6.85. The lowest BCUT2D eigenvalue weighted by atomic mass is 10.1. The summed E-state index contributed by atoms with van der Waals surface area (Å²) >= 11 is 11.7. The average Bonchev–Trinajstić information content (AvgIpc) is 3.18. The highest BCUT2D eigenvalue weighted by molar-refractivity contribution is 7.80. The smallest absolute Gasteiger partial charge is 0.173 e. The van der Waals surface area contributed by atoms with E-state index in [1.54, 1.807) is 6.20 Å². The summed E-state index contributed by atoms with van der Waals surface area (Å²) in [5.74, 6) is 0. The van der Waals surface area contributed by atoms with Crippen LogP contribution in [0.5, 0.6) is 0 Å². The first kappa shape index (κ1) is 19.4. The van der Waals surface area contributed by atoms with Gasteiger partial charge < -0.3 is 14.8 Å². The summed E-state index contributed by atoms with van der Waals surface area (Å²) in [6.07, 6.45) is 6.60. The summed E-state index contributed by atoms with van der Waals surface area (Å²) in [6, 6.07) is 16.2. The molecule has 0 fully saturated rings. The molecule has 1 N–H and O–H groups in total. The fraction of sp³-hybridized carbons (Fsp3) is 0.238. The molecule has 0 saturated carbocycles. The summed E-state index contributed by atoms with van der Waals surface area (Å²) in [5, 5.41) is 4.75. The van der Waals surface area contributed by atoms with E-state index in [4.69, 9.17) is 23.8 Å². The molecule has 140 valence electrons. The van der Waals surface area contributed by atoms with E-state index in [0.29, 0.717) is 10.1 Å². The molecule has 1 aromatic heterocycles. The van der Waals surface area contributed by atoms with Crippen molar-refractivity contribution in [2.45, 2.75) is 26.4 Å². The summed E-state index contributed by atoms with van der Waals surface area (Å²) in [5.41, 5.74) is 3.43. The Hall–Kier alpha value is -2.37. The second kappa shape index (κ2) is 9.53. The van der Waals surface area contributed by atoms with Gasteiger partial charge in [0.2, 0.25) is 0 Å². The third-order valence-corrected chi connectivity index (χ3v) is 4.89. The normalized spacial score (nSPS) is 10.6. The van der Waals surface area contributed by atoms with Crippen molar-refractivity contribution in [1.82, 2.24) is 14.5 Å². The molecule has 0 aliphatic carbocycles. The number of hydrogen-bond acceptors (Lipinski definition) is 2. The van der Waals surface area contributed by atoms with Crippen LogP contribution in [-0.2, 0) is 13.1 Å². The van der Waals surface area contributed by atoms with Crippen LogP contribution in [0.15, 0.2) is 67.3 Å². The molecule has 6 heteroatoms. The van der Waals surface area contributed by atoms with E-state index in [9.17, 15) is 0 Å². The molecule has 0 amide bonds. The van der Waals surface area contributed by atoms with Crippen LogP contribution >= 0.6 is 23.8 Å². The van der Waals surface area contributed by atoms with Gasteiger partial charge in [-0.15, -0.1) is 0 Å². The van der Waals surface area contributed by atoms with Crippen molar-refractivity contribution in [2.75, 3.05) is 11.9 Å². The van der Waals surface area contributed by atoms with Crippen molar-refractivity contribution in [3.05, 3.63) is 83.4 Å². The van der Waals surface area contributed by atoms with Gasteiger partial charge in [0.15, 0.2) is 5.11 Å². The molecule has 0 bridgehead atoms. The number of nitrogens with zero attached hydrogens (tertiary/aromatic N) is 3. The Morgan fingerprint density at radius 3 is 2.56 bits per heavy atom. The lowest BCUT2D eigenvalue weighted by molar-refractivity contribution is 0.396. The van der Waals surface area contributed by atoms with Gasteiger partial charge in [-0.1, -0.05) is 41.4 Å². The Labute approximate surface area is 170 Å². The van der Waals surface area contributed by atoms with Gasteiger partial charge in [0.05, 0.1) is 6.33 Å². The fourth-order valence-corrected chi connectivity index (χ4v) is 3.16. The standard InChI is InChI=1S/C21H23ClN4S/c1-17-3-5-18(6-4-17)15-26(13-2-12-25-14-11-23-16-25)21(27)24-20-9-7-19(22)8-10-20/h3-11,14,16H,2,12-13,15H2,1H3,(H,24,27). The van der Waals surface area contributed by atoms with Crippen molar-refractivity contribution in [3.8, 4) is 0 Å². The molecule has 0 aliphatic rings. The maximum Gasteiger partial charge on any atom is 0.173 e. The molecule has 1 heterocycles. The monoisotopic (exact) mass is 398 g/mol. The Bertz CT molecular complexity index is 845. The summed E-state index contributed by atoms with van der Waals surface area (Å²) in [6.45, 7) is 4.63. The molecule has 3 aromatic rings. The van der Waals surface area contributed by atoms with Gasteiger partial charge >= 0.3 is 0 Å². The van der Waals surface area contributed by atoms with Crippen molar-refractivity contribution in [3.63, 3.8) is 0 Å². The van der Waals surface area contributed by atoms with E-state index >= 15 is 0 Å². The Balaban J connectivity index is 1.65. The number of halogens is 1. The second-order valence-corrected chi connectivity index (χ2v) is 7.32. The summed E-state index contributed by atoms with van der Waals surface area (Å²) < 4.78 is 2.08. The molecular weight excluding hydrogens is 376 g/mol. The number of benzene rings is 2. The van der Waals surface area contributed by atoms with Crippen molar-refractivity contribution in [2.24, 2.45) is 0 Å². The molecule has 27 heavy (non-hydrogen) atoms. The Morgan fingerprint density at radius 2 is 1.89 bits per heavy atom. The minimum Gasteiger partial charge on any atom is -0.345 e. The zero-order chi connectivity index (χ0) is 19.1. The van der Waals surface area contributed by atoms with E-state index in [1.807, 2.05) is 36.8 Å². The largest absolute Gasteiger partial charge is 0.345 e. The van der Waals surface area contributed by atoms with Crippen LogP contribution in [0.3, 0.4) is 0 Å². The number of nitrogens with one attached hydrogen (secondary N) is 1. The quantitative estimate of drug-likeness (QED) is 0.559. The highest BCUT2D eigenvalue weighted by Gasteiger charge is 2.11. The van der Waals surface area contributed by atoms with Gasteiger partial charge in [0.25, 0.3) is 0 Å². The van der Waals surface area contributed by atoms with Crippen LogP contribution in [0.25, 0.3) is 0 Å². The number of aromatic nitrogens is 2. The maximum atomic E-state index is 5.97. The van der Waals surface area contributed by atoms with Gasteiger partial charge in [-0.2, -0.15) is 0 Å². The first-order valence-corrected chi connectivity index (χ1v) is 9.71. The van der Waals surface area contributed by atoms with Crippen LogP contribution in [0.2, 0.25) is 5.02 Å². The van der Waals surface area contributed by atoms with Gasteiger partial charge in [-0.25, -0.2) is 4.98 Å². The highest BCUT2D eigenvalue weighted by atomic mass is 35.5. The average molecular weight is 399 g/mol. The van der Waals surface area contributed by atoms with Gasteiger partial charge in [-0.3, -0.25) is 0 Å². The second-order valence-electron chi connectivity index (χ2n) is 6.50. The number of rotatable bonds is 7. The lowest BCUT2D eigenvalue weighted by Gasteiger charge is -2.26. The maximum absolute atomic E-state index is 5.97. The SMILES string of the molecule is Cc1ccc(CN(CCCn2ccnc2)C(=S)Nc2ccc(Cl)cc2)cc1. The molecule has 0 spiro atoms. The molecular formula is C21H23ClN4S. The fourth-order valence-electron chi connectivity index (χ4n) is 2.77. The topological polar surface area (TPSA) is 33.1 Å². The van der Waals surface area contributed by atoms with Crippen LogP contribution in [0, 0.1) is 6.92 Å². The predicted octanol–water partition coefficient (Wildman–Crippen LogP) is 5.13.